The Kier molecular flexibility index (Phi) is 5.93. The summed E-state index contributed by atoms with van der Waals surface area (Å²) in [6.07, 6.45) is 4.88. The fourth-order valence-corrected chi connectivity index (χ4v) is 3.46. The van der Waals surface area contributed by atoms with Crippen molar-refractivity contribution >= 4 is 11.6 Å². The highest BCUT2D eigenvalue weighted by Crippen LogP contribution is 2.26. The Morgan fingerprint density at radius 3 is 2.83 bits per heavy atom. The van der Waals surface area contributed by atoms with E-state index in [0.29, 0.717) is 11.9 Å². The van der Waals surface area contributed by atoms with Crippen LogP contribution in [0.5, 0.6) is 0 Å². The second kappa shape index (κ2) is 8.15. The van der Waals surface area contributed by atoms with E-state index in [1.807, 2.05) is 31.2 Å². The van der Waals surface area contributed by atoms with Gasteiger partial charge >= 0.3 is 0 Å². The first kappa shape index (κ1) is 17.5. The van der Waals surface area contributed by atoms with Gasteiger partial charge in [-0.2, -0.15) is 0 Å². The molecule has 1 aromatic heterocycles. The molecule has 0 radical (unpaired) electrons. The molecule has 1 aliphatic rings. The van der Waals surface area contributed by atoms with Crippen LogP contribution in [-0.4, -0.2) is 36.2 Å². The van der Waals surface area contributed by atoms with Gasteiger partial charge in [0.15, 0.2) is 0 Å². The summed E-state index contributed by atoms with van der Waals surface area (Å²) in [5.74, 6) is 1.57. The van der Waals surface area contributed by atoms with Crippen molar-refractivity contribution in [1.82, 2.24) is 9.88 Å². The summed E-state index contributed by atoms with van der Waals surface area (Å²) >= 11 is 5.95. The van der Waals surface area contributed by atoms with Crippen molar-refractivity contribution < 1.29 is 9.15 Å². The zero-order valence-electron chi connectivity index (χ0n) is 14.4. The van der Waals surface area contributed by atoms with E-state index >= 15 is 0 Å². The first-order valence-electron chi connectivity index (χ1n) is 8.62. The zero-order chi connectivity index (χ0) is 16.9. The number of rotatable bonds is 6. The van der Waals surface area contributed by atoms with Crippen LogP contribution >= 0.6 is 11.6 Å². The van der Waals surface area contributed by atoms with Gasteiger partial charge in [0, 0.05) is 36.9 Å². The number of nitrogens with zero attached hydrogens (tertiary/aromatic N) is 2. The van der Waals surface area contributed by atoms with Crippen molar-refractivity contribution in [3.63, 3.8) is 0 Å². The number of hydrogen-bond acceptors (Lipinski definition) is 4. The Balaban J connectivity index is 1.73. The number of aromatic nitrogens is 1. The van der Waals surface area contributed by atoms with Gasteiger partial charge in [0.05, 0.1) is 5.69 Å². The molecule has 1 aliphatic heterocycles. The summed E-state index contributed by atoms with van der Waals surface area (Å²) in [5.41, 5.74) is 1.99. The van der Waals surface area contributed by atoms with E-state index in [1.54, 1.807) is 7.11 Å². The molecule has 0 N–H and O–H groups in total. The van der Waals surface area contributed by atoms with Gasteiger partial charge in [0.2, 0.25) is 5.89 Å². The van der Waals surface area contributed by atoms with Crippen molar-refractivity contribution in [2.75, 3.05) is 20.3 Å². The quantitative estimate of drug-likeness (QED) is 0.758. The Hall–Kier alpha value is -1.36. The summed E-state index contributed by atoms with van der Waals surface area (Å²) in [6.45, 7) is 4.78. The van der Waals surface area contributed by atoms with Crippen LogP contribution in [0, 0.1) is 6.92 Å². The molecule has 24 heavy (non-hydrogen) atoms. The fourth-order valence-electron chi connectivity index (χ4n) is 3.33. The molecule has 0 bridgehead atoms. The molecule has 0 saturated carbocycles. The molecule has 1 saturated heterocycles. The molecule has 5 heteroatoms. The smallest absolute Gasteiger partial charge is 0.226 e. The molecule has 0 amide bonds. The third kappa shape index (κ3) is 4.18. The van der Waals surface area contributed by atoms with E-state index in [-0.39, 0.29) is 0 Å². The first-order valence-corrected chi connectivity index (χ1v) is 9.00. The summed E-state index contributed by atoms with van der Waals surface area (Å²) in [7, 11) is 1.77. The van der Waals surface area contributed by atoms with E-state index in [4.69, 9.17) is 25.7 Å². The number of oxazole rings is 1. The predicted octanol–water partition coefficient (Wildman–Crippen LogP) is 4.69. The summed E-state index contributed by atoms with van der Waals surface area (Å²) in [6, 6.07) is 8.19. The molecule has 1 aromatic carbocycles. The van der Waals surface area contributed by atoms with Gasteiger partial charge in [-0.3, -0.25) is 4.90 Å². The van der Waals surface area contributed by atoms with E-state index in [0.717, 1.165) is 48.2 Å². The van der Waals surface area contributed by atoms with Crippen molar-refractivity contribution in [3.05, 3.63) is 40.7 Å². The Morgan fingerprint density at radius 2 is 2.08 bits per heavy atom. The highest BCUT2D eigenvalue weighted by Gasteiger charge is 2.24. The average molecular weight is 349 g/mol. The molecule has 4 nitrogen and oxygen atoms in total. The zero-order valence-corrected chi connectivity index (χ0v) is 15.2. The maximum Gasteiger partial charge on any atom is 0.226 e. The average Bonchev–Trinajstić information content (AvgIpc) is 2.95. The largest absolute Gasteiger partial charge is 0.441 e. The van der Waals surface area contributed by atoms with Crippen LogP contribution in [0.3, 0.4) is 0 Å². The third-order valence-electron chi connectivity index (χ3n) is 4.74. The molecular formula is C19H25ClN2O2. The van der Waals surface area contributed by atoms with Crippen molar-refractivity contribution in [2.24, 2.45) is 0 Å². The number of likely N-dealkylation sites (tertiary alicyclic amines) is 1. The topological polar surface area (TPSA) is 38.5 Å². The molecule has 1 atom stereocenters. The van der Waals surface area contributed by atoms with Gasteiger partial charge in [-0.1, -0.05) is 18.0 Å². The molecule has 1 unspecified atom stereocenters. The number of aryl methyl sites for hydroxylation is 1. The van der Waals surface area contributed by atoms with Gasteiger partial charge in [-0.25, -0.2) is 4.98 Å². The normalized spacial score (nSPS) is 18.9. The van der Waals surface area contributed by atoms with Gasteiger partial charge in [-0.05, 0) is 57.0 Å². The molecule has 0 aliphatic carbocycles. The van der Waals surface area contributed by atoms with Crippen molar-refractivity contribution in [1.29, 1.82) is 0 Å². The maximum absolute atomic E-state index is 5.95. The second-order valence-corrected chi connectivity index (χ2v) is 6.87. The summed E-state index contributed by atoms with van der Waals surface area (Å²) in [4.78, 5) is 7.26. The third-order valence-corrected chi connectivity index (χ3v) is 4.99. The number of halogens is 1. The highest BCUT2D eigenvalue weighted by atomic mass is 35.5. The van der Waals surface area contributed by atoms with Crippen LogP contribution in [-0.2, 0) is 11.3 Å². The van der Waals surface area contributed by atoms with Gasteiger partial charge in [0.25, 0.3) is 0 Å². The number of ether oxygens (including phenoxy) is 1. The van der Waals surface area contributed by atoms with Gasteiger partial charge < -0.3 is 9.15 Å². The van der Waals surface area contributed by atoms with Crippen molar-refractivity contribution in [2.45, 2.75) is 45.2 Å². The molecule has 0 spiro atoms. The minimum absolute atomic E-state index is 0.578. The lowest BCUT2D eigenvalue weighted by Gasteiger charge is -2.35. The minimum atomic E-state index is 0.578. The second-order valence-electron chi connectivity index (χ2n) is 6.43. The van der Waals surface area contributed by atoms with E-state index in [1.165, 1.54) is 19.3 Å². The Bertz CT molecular complexity index is 654. The van der Waals surface area contributed by atoms with Crippen molar-refractivity contribution in [3.8, 4) is 11.5 Å². The number of piperidine rings is 1. The Morgan fingerprint density at radius 1 is 1.29 bits per heavy atom. The molecular weight excluding hydrogens is 324 g/mol. The summed E-state index contributed by atoms with van der Waals surface area (Å²) < 4.78 is 11.2. The van der Waals surface area contributed by atoms with Crippen LogP contribution in [0.15, 0.2) is 28.7 Å². The summed E-state index contributed by atoms with van der Waals surface area (Å²) in [5, 5.41) is 0.719. The van der Waals surface area contributed by atoms with Gasteiger partial charge in [0.1, 0.15) is 5.76 Å². The molecule has 130 valence electrons. The molecule has 3 rings (SSSR count). The molecule has 2 aromatic rings. The lowest BCUT2D eigenvalue weighted by atomic mass is 9.99. The Labute approximate surface area is 148 Å². The van der Waals surface area contributed by atoms with Gasteiger partial charge in [-0.15, -0.1) is 0 Å². The molecule has 1 fully saturated rings. The van der Waals surface area contributed by atoms with Crippen LogP contribution in [0.25, 0.3) is 11.5 Å². The van der Waals surface area contributed by atoms with E-state index in [9.17, 15) is 0 Å². The standard InChI is InChI=1S/C19H25ClN2O2/c1-14-18(13-22-11-4-3-5-17(22)10-12-23-2)21-19(24-14)15-6-8-16(20)9-7-15/h6-9,17H,3-5,10-13H2,1-2H3. The minimum Gasteiger partial charge on any atom is -0.441 e. The highest BCUT2D eigenvalue weighted by molar-refractivity contribution is 6.30. The van der Waals surface area contributed by atoms with Crippen LogP contribution in [0.4, 0.5) is 0 Å². The maximum atomic E-state index is 5.95. The number of hydrogen-bond donors (Lipinski definition) is 0. The van der Waals surface area contributed by atoms with Crippen LogP contribution < -0.4 is 0 Å². The number of methoxy groups -OCH3 is 1. The fraction of sp³-hybridized carbons (Fsp3) is 0.526. The predicted molar refractivity (Wildman–Crippen MR) is 96.2 cm³/mol. The van der Waals surface area contributed by atoms with E-state index < -0.39 is 0 Å². The number of benzene rings is 1. The SMILES string of the molecule is COCCC1CCCCN1Cc1nc(-c2ccc(Cl)cc2)oc1C. The van der Waals surface area contributed by atoms with Crippen LogP contribution in [0.2, 0.25) is 5.02 Å². The molecule has 2 heterocycles. The van der Waals surface area contributed by atoms with Crippen LogP contribution in [0.1, 0.15) is 37.1 Å². The van der Waals surface area contributed by atoms with E-state index in [2.05, 4.69) is 4.90 Å². The lowest BCUT2D eigenvalue weighted by Crippen LogP contribution is -2.39. The first-order chi connectivity index (χ1) is 11.7. The lowest BCUT2D eigenvalue weighted by molar-refractivity contribution is 0.0961. The monoisotopic (exact) mass is 348 g/mol.